The molecular formula is C23H33N9O3Si. The van der Waals surface area contributed by atoms with Crippen LogP contribution in [0.4, 0.5) is 17.5 Å². The zero-order valence-corrected chi connectivity index (χ0v) is 21.5. The lowest BCUT2D eigenvalue weighted by Gasteiger charge is -2.13. The Labute approximate surface area is 210 Å². The van der Waals surface area contributed by atoms with Crippen LogP contribution in [0.3, 0.4) is 0 Å². The molecule has 192 valence electrons. The molecule has 2 heterocycles. The number of nitrogens with two attached hydrogens (primary N) is 2. The molecule has 36 heavy (non-hydrogen) atoms. The Morgan fingerprint density at radius 3 is 2.44 bits per heavy atom. The first-order valence-corrected chi connectivity index (χ1v) is 14.9. The number of benzene rings is 1. The molecule has 0 atom stereocenters. The average molecular weight is 512 g/mol. The number of anilines is 3. The third-order valence-corrected chi connectivity index (χ3v) is 6.85. The predicted molar refractivity (Wildman–Crippen MR) is 141 cm³/mol. The smallest absolute Gasteiger partial charge is 0.251 e. The highest BCUT2D eigenvalue weighted by Crippen LogP contribution is 2.16. The van der Waals surface area contributed by atoms with E-state index >= 15 is 0 Å². The number of amides is 2. The molecule has 0 radical (unpaired) electrons. The monoisotopic (exact) mass is 511 g/mol. The van der Waals surface area contributed by atoms with Gasteiger partial charge in [-0.2, -0.15) is 9.97 Å². The van der Waals surface area contributed by atoms with Gasteiger partial charge in [-0.15, -0.1) is 0 Å². The second-order valence-electron chi connectivity index (χ2n) is 9.06. The largest absolute Gasteiger partial charge is 0.432 e. The van der Waals surface area contributed by atoms with Crippen LogP contribution in [-0.2, 0) is 11.3 Å². The summed E-state index contributed by atoms with van der Waals surface area (Å²) < 4.78 is 0. The van der Waals surface area contributed by atoms with Gasteiger partial charge in [0.25, 0.3) is 5.91 Å². The minimum Gasteiger partial charge on any atom is -0.432 e. The van der Waals surface area contributed by atoms with Crippen molar-refractivity contribution in [2.75, 3.05) is 29.9 Å². The minimum absolute atomic E-state index is 0.0468. The summed E-state index contributed by atoms with van der Waals surface area (Å²) in [7, 11) is -2.06. The van der Waals surface area contributed by atoms with E-state index in [1.807, 2.05) is 13.1 Å². The van der Waals surface area contributed by atoms with Gasteiger partial charge in [0.05, 0.1) is 18.4 Å². The number of carbonyl (C=O) groups excluding carboxylic acids is 2. The van der Waals surface area contributed by atoms with Crippen LogP contribution >= 0.6 is 0 Å². The predicted octanol–water partition coefficient (Wildman–Crippen LogP) is 1.41. The van der Waals surface area contributed by atoms with Crippen LogP contribution in [0.2, 0.25) is 19.1 Å². The number of nitrogens with zero attached hydrogens (tertiary/aromatic N) is 4. The Morgan fingerprint density at radius 2 is 1.72 bits per heavy atom. The fraction of sp³-hybridized carbons (Fsp3) is 0.391. The van der Waals surface area contributed by atoms with E-state index in [9.17, 15) is 14.4 Å². The highest BCUT2D eigenvalue weighted by Gasteiger charge is 2.15. The van der Waals surface area contributed by atoms with Crippen LogP contribution in [0, 0.1) is 0 Å². The van der Waals surface area contributed by atoms with Crippen LogP contribution in [0.5, 0.6) is 0 Å². The second-order valence-corrected chi connectivity index (χ2v) is 13.2. The topological polar surface area (TPSA) is 194 Å². The summed E-state index contributed by atoms with van der Waals surface area (Å²) in [5.74, 6) is -0.0309. The maximum absolute atomic E-state index is 12.4. The number of carbonyl (C=O) groups is 2. The molecule has 0 unspecified atom stereocenters. The number of hydrogen-bond donors (Lipinski definition) is 6. The first kappa shape index (κ1) is 26.8. The molecular weight excluding hydrogens is 478 g/mol. The molecule has 1 aromatic carbocycles. The van der Waals surface area contributed by atoms with Crippen molar-refractivity contribution >= 4 is 48.7 Å². The molecule has 3 rings (SSSR count). The van der Waals surface area contributed by atoms with Gasteiger partial charge >= 0.3 is 0 Å². The molecule has 0 saturated carbocycles. The van der Waals surface area contributed by atoms with E-state index in [1.54, 1.807) is 30.5 Å². The van der Waals surface area contributed by atoms with Gasteiger partial charge in [-0.3, -0.25) is 9.59 Å². The number of nitrogen functional groups attached to an aromatic ring is 2. The van der Waals surface area contributed by atoms with Crippen LogP contribution < -0.4 is 27.4 Å². The van der Waals surface area contributed by atoms with Gasteiger partial charge < -0.3 is 32.2 Å². The van der Waals surface area contributed by atoms with Crippen molar-refractivity contribution in [3.63, 3.8) is 0 Å². The van der Waals surface area contributed by atoms with E-state index in [1.165, 1.54) is 0 Å². The SMILES string of the molecule is C[Si](C)(O)CCCNC(=O)CCCNC(=O)c1ccc(NCc2cnc3nc(N)nc(N)c3n2)cc1. The summed E-state index contributed by atoms with van der Waals surface area (Å²) in [4.78, 5) is 50.6. The fourth-order valence-corrected chi connectivity index (χ4v) is 4.43. The molecule has 3 aromatic rings. The summed E-state index contributed by atoms with van der Waals surface area (Å²) in [6, 6.07) is 7.79. The maximum atomic E-state index is 12.4. The zero-order chi connectivity index (χ0) is 26.1. The summed E-state index contributed by atoms with van der Waals surface area (Å²) in [5.41, 5.74) is 14.1. The van der Waals surface area contributed by atoms with Crippen molar-refractivity contribution in [2.24, 2.45) is 0 Å². The fourth-order valence-electron chi connectivity index (χ4n) is 3.39. The standard InChI is InChI=1S/C23H33N9O3Si/c1-36(2,35)12-4-11-26-18(33)5-3-10-27-22(34)15-6-8-16(9-7-15)28-13-17-14-29-21-19(30-17)20(24)31-23(25)32-21/h6-9,14,28,35H,3-5,10-13H2,1-2H3,(H,26,33)(H,27,34)(H4,24,25,29,31,32). The Bertz CT molecular complexity index is 1200. The Balaban J connectivity index is 1.38. The first-order valence-electron chi connectivity index (χ1n) is 11.8. The van der Waals surface area contributed by atoms with Crippen molar-refractivity contribution < 1.29 is 14.4 Å². The molecule has 12 nitrogen and oxygen atoms in total. The first-order chi connectivity index (χ1) is 17.1. The van der Waals surface area contributed by atoms with Crippen LogP contribution in [0.25, 0.3) is 11.2 Å². The highest BCUT2D eigenvalue weighted by atomic mass is 28.4. The van der Waals surface area contributed by atoms with Crippen LogP contribution in [0.1, 0.15) is 35.3 Å². The van der Waals surface area contributed by atoms with Gasteiger partial charge in [0.15, 0.2) is 25.3 Å². The Hall–Kier alpha value is -3.84. The molecule has 8 N–H and O–H groups in total. The van der Waals surface area contributed by atoms with Crippen molar-refractivity contribution in [3.8, 4) is 0 Å². The lowest BCUT2D eigenvalue weighted by atomic mass is 10.2. The lowest BCUT2D eigenvalue weighted by molar-refractivity contribution is -0.121. The molecule has 0 fully saturated rings. The normalized spacial score (nSPS) is 11.3. The third kappa shape index (κ3) is 8.43. The van der Waals surface area contributed by atoms with Gasteiger partial charge in [0.2, 0.25) is 11.9 Å². The Kier molecular flexibility index (Phi) is 9.08. The van der Waals surface area contributed by atoms with E-state index in [2.05, 4.69) is 35.9 Å². The summed E-state index contributed by atoms with van der Waals surface area (Å²) in [6.07, 6.45) is 3.25. The molecule has 0 saturated heterocycles. The molecule has 2 aromatic heterocycles. The molecule has 0 aliphatic rings. The summed E-state index contributed by atoms with van der Waals surface area (Å²) >= 11 is 0. The van der Waals surface area contributed by atoms with Crippen molar-refractivity contribution in [2.45, 2.75) is 44.9 Å². The van der Waals surface area contributed by atoms with Crippen molar-refractivity contribution in [1.82, 2.24) is 30.6 Å². The lowest BCUT2D eigenvalue weighted by Crippen LogP contribution is -2.30. The minimum atomic E-state index is -2.06. The quantitative estimate of drug-likeness (QED) is 0.153. The maximum Gasteiger partial charge on any atom is 0.251 e. The van der Waals surface area contributed by atoms with E-state index in [4.69, 9.17) is 11.5 Å². The molecule has 2 amide bonds. The van der Waals surface area contributed by atoms with Gasteiger partial charge in [-0.05, 0) is 56.2 Å². The number of aromatic nitrogens is 4. The van der Waals surface area contributed by atoms with Crippen molar-refractivity contribution in [3.05, 3.63) is 41.7 Å². The highest BCUT2D eigenvalue weighted by molar-refractivity contribution is 6.69. The number of hydrogen-bond acceptors (Lipinski definition) is 10. The van der Waals surface area contributed by atoms with Crippen LogP contribution in [-0.4, -0.2) is 58.0 Å². The average Bonchev–Trinajstić information content (AvgIpc) is 2.83. The van der Waals surface area contributed by atoms with E-state index < -0.39 is 8.32 Å². The number of nitrogens with one attached hydrogen (secondary N) is 3. The Morgan fingerprint density at radius 1 is 1.00 bits per heavy atom. The van der Waals surface area contributed by atoms with Gasteiger partial charge in [0, 0.05) is 30.8 Å². The second kappa shape index (κ2) is 12.2. The van der Waals surface area contributed by atoms with Gasteiger partial charge in [-0.25, -0.2) is 9.97 Å². The van der Waals surface area contributed by atoms with E-state index in [0.29, 0.717) is 54.9 Å². The van der Waals surface area contributed by atoms with E-state index in [0.717, 1.165) is 18.2 Å². The molecule has 0 aliphatic carbocycles. The molecule has 0 spiro atoms. The molecule has 13 heteroatoms. The summed E-state index contributed by atoms with van der Waals surface area (Å²) in [5, 5.41) is 8.89. The zero-order valence-electron chi connectivity index (χ0n) is 20.5. The van der Waals surface area contributed by atoms with Gasteiger partial charge in [-0.1, -0.05) is 0 Å². The van der Waals surface area contributed by atoms with E-state index in [-0.39, 0.29) is 23.6 Å². The van der Waals surface area contributed by atoms with Crippen molar-refractivity contribution in [1.29, 1.82) is 0 Å². The number of fused-ring (bicyclic) bond motifs is 1. The summed E-state index contributed by atoms with van der Waals surface area (Å²) in [6.45, 7) is 5.12. The van der Waals surface area contributed by atoms with Crippen LogP contribution in [0.15, 0.2) is 30.5 Å². The molecule has 0 bridgehead atoms. The van der Waals surface area contributed by atoms with Gasteiger partial charge in [0.1, 0.15) is 0 Å². The third-order valence-electron chi connectivity index (χ3n) is 5.28. The number of rotatable bonds is 12. The molecule has 0 aliphatic heterocycles.